The number of alkyl halides is 1. The molecule has 0 radical (unpaired) electrons. The third-order valence-electron chi connectivity index (χ3n) is 2.93. The smallest absolute Gasteiger partial charge is 0.124 e. The van der Waals surface area contributed by atoms with E-state index in [1.165, 1.54) is 7.11 Å². The molecule has 0 aromatic heterocycles. The van der Waals surface area contributed by atoms with Crippen molar-refractivity contribution in [1.29, 1.82) is 0 Å². The summed E-state index contributed by atoms with van der Waals surface area (Å²) in [6, 6.07) is 5.43. The van der Waals surface area contributed by atoms with E-state index in [0.29, 0.717) is 17.7 Å². The summed E-state index contributed by atoms with van der Waals surface area (Å²) in [7, 11) is 1.53. The Morgan fingerprint density at radius 1 is 1.47 bits per heavy atom. The Balaban J connectivity index is 2.28. The van der Waals surface area contributed by atoms with Crippen LogP contribution in [0.2, 0.25) is 0 Å². The number of hydrogen-bond donors (Lipinski definition) is 1. The molecule has 0 atom stereocenters. The molecule has 0 aliphatic heterocycles. The first kappa shape index (κ1) is 10.4. The molecular weight excluding hydrogens is 195 g/mol. The quantitative estimate of drug-likeness (QED) is 0.825. The van der Waals surface area contributed by atoms with Crippen LogP contribution >= 0.6 is 0 Å². The van der Waals surface area contributed by atoms with Crippen LogP contribution in [0.15, 0.2) is 18.2 Å². The molecular formula is C12H15FO2. The Labute approximate surface area is 88.7 Å². The second-order valence-corrected chi connectivity index (χ2v) is 4.13. The van der Waals surface area contributed by atoms with Crippen LogP contribution < -0.4 is 4.74 Å². The average Bonchev–Trinajstić information content (AvgIpc) is 2.95. The highest BCUT2D eigenvalue weighted by Crippen LogP contribution is 2.39. The first-order valence-electron chi connectivity index (χ1n) is 5.12. The van der Waals surface area contributed by atoms with E-state index in [9.17, 15) is 9.50 Å². The Morgan fingerprint density at radius 3 is 2.73 bits per heavy atom. The molecule has 1 saturated carbocycles. The minimum Gasteiger partial charge on any atom is -0.496 e. The molecule has 1 fully saturated rings. The number of rotatable bonds is 4. The van der Waals surface area contributed by atoms with Crippen molar-refractivity contribution in [3.05, 3.63) is 29.3 Å². The van der Waals surface area contributed by atoms with Gasteiger partial charge in [-0.05, 0) is 24.5 Å². The number of methoxy groups -OCH3 is 1. The molecule has 15 heavy (non-hydrogen) atoms. The van der Waals surface area contributed by atoms with Crippen LogP contribution in [-0.4, -0.2) is 17.8 Å². The Bertz CT molecular complexity index is 359. The fraction of sp³-hybridized carbons (Fsp3) is 0.500. The van der Waals surface area contributed by atoms with E-state index in [4.69, 9.17) is 4.74 Å². The monoisotopic (exact) mass is 210 g/mol. The molecule has 0 unspecified atom stereocenters. The van der Waals surface area contributed by atoms with Gasteiger partial charge in [0.1, 0.15) is 12.4 Å². The zero-order valence-electron chi connectivity index (χ0n) is 8.79. The summed E-state index contributed by atoms with van der Waals surface area (Å²) in [5.74, 6) is 0.569. The van der Waals surface area contributed by atoms with Gasteiger partial charge < -0.3 is 9.84 Å². The zero-order valence-corrected chi connectivity index (χ0v) is 8.79. The Morgan fingerprint density at radius 2 is 2.20 bits per heavy atom. The van der Waals surface area contributed by atoms with E-state index in [-0.39, 0.29) is 0 Å². The van der Waals surface area contributed by atoms with Crippen molar-refractivity contribution in [2.75, 3.05) is 7.11 Å². The normalized spacial score (nSPS) is 17.5. The molecule has 0 amide bonds. The first-order valence-corrected chi connectivity index (χ1v) is 5.12. The van der Waals surface area contributed by atoms with Crippen molar-refractivity contribution < 1.29 is 14.2 Å². The Hall–Kier alpha value is -1.09. The van der Waals surface area contributed by atoms with Crippen LogP contribution in [0.4, 0.5) is 4.39 Å². The third kappa shape index (κ3) is 2.12. The second-order valence-electron chi connectivity index (χ2n) is 4.13. The van der Waals surface area contributed by atoms with Crippen LogP contribution in [0, 0.1) is 0 Å². The maximum Gasteiger partial charge on any atom is 0.124 e. The molecule has 3 heteroatoms. The molecule has 82 valence electrons. The number of hydrogen-bond acceptors (Lipinski definition) is 2. The van der Waals surface area contributed by atoms with Crippen LogP contribution in [0.25, 0.3) is 0 Å². The lowest BCUT2D eigenvalue weighted by atomic mass is 10.0. The number of aliphatic hydroxyl groups is 1. The number of ether oxygens (including phenoxy) is 1. The van der Waals surface area contributed by atoms with E-state index in [1.54, 1.807) is 6.07 Å². The van der Waals surface area contributed by atoms with Crippen molar-refractivity contribution in [2.24, 2.45) is 0 Å². The van der Waals surface area contributed by atoms with Crippen LogP contribution in [0.1, 0.15) is 24.0 Å². The lowest BCUT2D eigenvalue weighted by Crippen LogP contribution is -2.12. The molecule has 2 rings (SSSR count). The topological polar surface area (TPSA) is 29.5 Å². The fourth-order valence-electron chi connectivity index (χ4n) is 1.80. The zero-order chi connectivity index (χ0) is 10.9. The lowest BCUT2D eigenvalue weighted by molar-refractivity contribution is 0.150. The van der Waals surface area contributed by atoms with Gasteiger partial charge in [-0.3, -0.25) is 0 Å². The SMILES string of the molecule is COc1cccc(CC2(O)CC2)c1CF. The molecule has 1 aromatic rings. The Kier molecular flexibility index (Phi) is 2.65. The van der Waals surface area contributed by atoms with Gasteiger partial charge in [-0.1, -0.05) is 12.1 Å². The molecule has 0 heterocycles. The van der Waals surface area contributed by atoms with Gasteiger partial charge in [0.25, 0.3) is 0 Å². The van der Waals surface area contributed by atoms with E-state index in [0.717, 1.165) is 18.4 Å². The molecule has 1 aliphatic carbocycles. The molecule has 0 bridgehead atoms. The highest BCUT2D eigenvalue weighted by molar-refractivity contribution is 5.41. The summed E-state index contributed by atoms with van der Waals surface area (Å²) in [6.45, 7) is -0.546. The van der Waals surface area contributed by atoms with Crippen LogP contribution in [0.3, 0.4) is 0 Å². The minimum atomic E-state index is -0.587. The standard InChI is InChI=1S/C12H15FO2/c1-15-11-4-2-3-9(10(11)8-13)7-12(14)5-6-12/h2-4,14H,5-8H2,1H3. The molecule has 0 saturated heterocycles. The van der Waals surface area contributed by atoms with Crippen molar-refractivity contribution in [3.8, 4) is 5.75 Å². The van der Waals surface area contributed by atoms with Gasteiger partial charge >= 0.3 is 0 Å². The highest BCUT2D eigenvalue weighted by Gasteiger charge is 2.40. The number of halogens is 1. The van der Waals surface area contributed by atoms with Crippen molar-refractivity contribution in [3.63, 3.8) is 0 Å². The summed E-state index contributed by atoms with van der Waals surface area (Å²) in [5.41, 5.74) is 0.841. The third-order valence-corrected chi connectivity index (χ3v) is 2.93. The largest absolute Gasteiger partial charge is 0.496 e. The summed E-state index contributed by atoms with van der Waals surface area (Å²) in [4.78, 5) is 0. The van der Waals surface area contributed by atoms with Gasteiger partial charge in [-0.25, -0.2) is 4.39 Å². The molecule has 2 nitrogen and oxygen atoms in total. The summed E-state index contributed by atoms with van der Waals surface area (Å²) in [5, 5.41) is 9.80. The first-order chi connectivity index (χ1) is 7.18. The van der Waals surface area contributed by atoms with Crippen molar-refractivity contribution >= 4 is 0 Å². The lowest BCUT2D eigenvalue weighted by Gasteiger charge is -2.13. The maximum atomic E-state index is 12.9. The van der Waals surface area contributed by atoms with E-state index in [1.807, 2.05) is 12.1 Å². The predicted molar refractivity (Wildman–Crippen MR) is 55.7 cm³/mol. The second kappa shape index (κ2) is 3.81. The van der Waals surface area contributed by atoms with Gasteiger partial charge in [0, 0.05) is 12.0 Å². The highest BCUT2D eigenvalue weighted by atomic mass is 19.1. The van der Waals surface area contributed by atoms with Gasteiger partial charge in [-0.2, -0.15) is 0 Å². The molecule has 1 aliphatic rings. The van der Waals surface area contributed by atoms with E-state index < -0.39 is 12.3 Å². The molecule has 1 N–H and O–H groups in total. The van der Waals surface area contributed by atoms with E-state index >= 15 is 0 Å². The minimum absolute atomic E-state index is 0.531. The summed E-state index contributed by atoms with van der Waals surface area (Å²) in [6.07, 6.45) is 2.16. The summed E-state index contributed by atoms with van der Waals surface area (Å²) < 4.78 is 18.0. The summed E-state index contributed by atoms with van der Waals surface area (Å²) >= 11 is 0. The van der Waals surface area contributed by atoms with Gasteiger partial charge in [0.15, 0.2) is 0 Å². The van der Waals surface area contributed by atoms with Gasteiger partial charge in [0.2, 0.25) is 0 Å². The van der Waals surface area contributed by atoms with Gasteiger partial charge in [0.05, 0.1) is 12.7 Å². The van der Waals surface area contributed by atoms with Crippen molar-refractivity contribution in [2.45, 2.75) is 31.5 Å². The fourth-order valence-corrected chi connectivity index (χ4v) is 1.80. The van der Waals surface area contributed by atoms with Gasteiger partial charge in [-0.15, -0.1) is 0 Å². The van der Waals surface area contributed by atoms with E-state index in [2.05, 4.69) is 0 Å². The van der Waals surface area contributed by atoms with Crippen molar-refractivity contribution in [1.82, 2.24) is 0 Å². The predicted octanol–water partition coefficient (Wildman–Crippen LogP) is 2.23. The molecule has 0 spiro atoms. The average molecular weight is 210 g/mol. The van der Waals surface area contributed by atoms with Crippen LogP contribution in [-0.2, 0) is 13.1 Å². The molecule has 1 aromatic carbocycles. The number of benzene rings is 1. The van der Waals surface area contributed by atoms with Crippen LogP contribution in [0.5, 0.6) is 5.75 Å². The maximum absolute atomic E-state index is 12.9.